The molecule has 2 heterocycles. The van der Waals surface area contributed by atoms with Crippen LogP contribution in [0.5, 0.6) is 0 Å². The van der Waals surface area contributed by atoms with Gasteiger partial charge in [0.25, 0.3) is 0 Å². The molecule has 15 nitrogen and oxygen atoms in total. The second-order valence-electron chi connectivity index (χ2n) is 18.1. The Kier molecular flexibility index (Phi) is 36.0. The van der Waals surface area contributed by atoms with Crippen LogP contribution < -0.4 is 0 Å². The number of unbranched alkanes of at least 4 members (excludes halogenated alkanes) is 17. The molecule has 11 atom stereocenters. The summed E-state index contributed by atoms with van der Waals surface area (Å²) >= 11 is 0. The Labute approximate surface area is 407 Å². The van der Waals surface area contributed by atoms with Crippen LogP contribution in [-0.4, -0.2) is 142 Å². The van der Waals surface area contributed by atoms with Gasteiger partial charge in [0.1, 0.15) is 55.4 Å². The third-order valence-corrected chi connectivity index (χ3v) is 12.1. The standard InChI is InChI=1S/C53H90O15/c1-3-5-7-9-11-13-15-17-19-20-22-23-25-27-29-31-33-35-44(55)63-38-41(66-45(56)36-34-32-30-28-26-24-21-18-16-14-12-10-8-6-4-2)39-64-52-51(62)49(60)47(58)43(68-52)40-65-53-50(61)48(59)46(57)42(37-54)67-53/h11,13,16-17,19,21-23,41-43,46-54,57-62H,3-10,12,14-15,20,24-40H2,1-2H3/b13-11+,19-17+,23-22+/t18?,41-,42+,43+,46-,47-,48?,49?,50?,51?,52+,53+/m0/s1. The van der Waals surface area contributed by atoms with Crippen molar-refractivity contribution in [1.29, 1.82) is 0 Å². The van der Waals surface area contributed by atoms with Gasteiger partial charge in [0, 0.05) is 12.8 Å². The first-order valence-corrected chi connectivity index (χ1v) is 26.0. The van der Waals surface area contributed by atoms with Crippen molar-refractivity contribution in [3.63, 3.8) is 0 Å². The summed E-state index contributed by atoms with van der Waals surface area (Å²) in [6.45, 7) is 2.49. The third kappa shape index (κ3) is 27.6. The van der Waals surface area contributed by atoms with Crippen molar-refractivity contribution in [3.8, 4) is 0 Å². The van der Waals surface area contributed by atoms with Gasteiger partial charge in [0.15, 0.2) is 18.7 Å². The van der Waals surface area contributed by atoms with Crippen molar-refractivity contribution in [2.45, 2.75) is 242 Å². The summed E-state index contributed by atoms with van der Waals surface area (Å²) in [5, 5.41) is 72.1. The zero-order valence-electron chi connectivity index (χ0n) is 41.4. The number of esters is 2. The third-order valence-electron chi connectivity index (χ3n) is 12.1. The molecule has 0 bridgehead atoms. The normalized spacial score (nSPS) is 25.8. The lowest BCUT2D eigenvalue weighted by Gasteiger charge is -2.42. The first kappa shape index (κ1) is 61.4. The number of hydrogen-bond donors (Lipinski definition) is 7. The number of rotatable bonds is 39. The lowest BCUT2D eigenvalue weighted by atomic mass is 9.98. The smallest absolute Gasteiger partial charge is 0.306 e. The molecule has 392 valence electrons. The second kappa shape index (κ2) is 39.9. The summed E-state index contributed by atoms with van der Waals surface area (Å²) in [6.07, 6.45) is 24.8. The largest absolute Gasteiger partial charge is 0.462 e. The minimum atomic E-state index is -1.77. The summed E-state index contributed by atoms with van der Waals surface area (Å²) in [7, 11) is 0. The number of carbonyl (C=O) groups is 2. The van der Waals surface area contributed by atoms with E-state index < -0.39 is 99.3 Å². The van der Waals surface area contributed by atoms with Gasteiger partial charge in [-0.3, -0.25) is 9.59 Å². The topological polar surface area (TPSA) is 231 Å². The lowest BCUT2D eigenvalue weighted by Crippen LogP contribution is -2.61. The zero-order chi connectivity index (χ0) is 49.6. The number of aliphatic hydroxyl groups is 7. The highest BCUT2D eigenvalue weighted by atomic mass is 16.7. The summed E-state index contributed by atoms with van der Waals surface area (Å²) in [5.41, 5.74) is 3.28. The number of carbonyl (C=O) groups excluding carboxylic acids is 2. The SMILES string of the molecule is CCCCC/C=C/C/C=C/C/C=C/CCCCCCC(=O)OC[C@@H](CO[C@@H]1O[C@H](CO[C@@H]2O[C@H](CO)[C@H](O)C(O)C2O)[C@H](O)C(O)C1O)OC(=O)CCCCCCCC=C=CCCCCCCC. The second-order valence-corrected chi connectivity index (χ2v) is 18.1. The Balaban J connectivity index is 1.83. The Bertz CT molecular complexity index is 1430. The molecule has 0 aromatic heterocycles. The molecule has 2 fully saturated rings. The summed E-state index contributed by atoms with van der Waals surface area (Å²) in [4.78, 5) is 25.8. The van der Waals surface area contributed by atoms with Crippen LogP contribution in [0.3, 0.4) is 0 Å². The van der Waals surface area contributed by atoms with Gasteiger partial charge < -0.3 is 64.2 Å². The molecule has 2 saturated heterocycles. The van der Waals surface area contributed by atoms with E-state index >= 15 is 0 Å². The maximum absolute atomic E-state index is 13.0. The van der Waals surface area contributed by atoms with E-state index in [0.717, 1.165) is 83.5 Å². The van der Waals surface area contributed by atoms with Gasteiger partial charge in [-0.25, -0.2) is 0 Å². The maximum atomic E-state index is 13.0. The molecule has 0 aromatic carbocycles. The van der Waals surface area contributed by atoms with Crippen molar-refractivity contribution in [2.75, 3.05) is 26.4 Å². The van der Waals surface area contributed by atoms with Crippen LogP contribution in [-0.2, 0) is 38.0 Å². The van der Waals surface area contributed by atoms with Gasteiger partial charge in [-0.05, 0) is 89.2 Å². The highest BCUT2D eigenvalue weighted by Gasteiger charge is 2.47. The fraction of sp³-hybridized carbons (Fsp3) is 0.792. The van der Waals surface area contributed by atoms with Crippen LogP contribution in [0.25, 0.3) is 0 Å². The van der Waals surface area contributed by atoms with E-state index in [1.165, 1.54) is 51.4 Å². The summed E-state index contributed by atoms with van der Waals surface area (Å²) < 4.78 is 33.5. The minimum Gasteiger partial charge on any atom is -0.462 e. The molecule has 0 amide bonds. The Morgan fingerprint density at radius 3 is 1.56 bits per heavy atom. The van der Waals surface area contributed by atoms with E-state index in [0.29, 0.717) is 12.8 Å². The number of hydrogen-bond acceptors (Lipinski definition) is 15. The average Bonchev–Trinajstić information content (AvgIpc) is 3.33. The summed E-state index contributed by atoms with van der Waals surface area (Å²) in [5.74, 6) is -0.974. The fourth-order valence-corrected chi connectivity index (χ4v) is 7.73. The Morgan fingerprint density at radius 1 is 0.515 bits per heavy atom. The van der Waals surface area contributed by atoms with Crippen molar-refractivity contribution in [3.05, 3.63) is 54.3 Å². The van der Waals surface area contributed by atoms with Crippen LogP contribution in [0.15, 0.2) is 54.3 Å². The molecule has 0 aromatic rings. The van der Waals surface area contributed by atoms with Gasteiger partial charge in [0.05, 0.1) is 19.8 Å². The Morgan fingerprint density at radius 2 is 0.971 bits per heavy atom. The van der Waals surface area contributed by atoms with E-state index in [1.54, 1.807) is 0 Å². The van der Waals surface area contributed by atoms with Crippen LogP contribution in [0, 0.1) is 0 Å². The van der Waals surface area contributed by atoms with Crippen molar-refractivity contribution < 1.29 is 73.8 Å². The molecule has 0 radical (unpaired) electrons. The molecular formula is C53H90O15. The van der Waals surface area contributed by atoms with Crippen LogP contribution >= 0.6 is 0 Å². The zero-order valence-corrected chi connectivity index (χ0v) is 41.4. The van der Waals surface area contributed by atoms with Crippen LogP contribution in [0.1, 0.15) is 174 Å². The average molecular weight is 967 g/mol. The van der Waals surface area contributed by atoms with E-state index in [2.05, 4.69) is 68.2 Å². The monoisotopic (exact) mass is 967 g/mol. The molecule has 15 heteroatoms. The van der Waals surface area contributed by atoms with E-state index in [1.807, 2.05) is 0 Å². The highest BCUT2D eigenvalue weighted by Crippen LogP contribution is 2.26. The predicted molar refractivity (Wildman–Crippen MR) is 260 cm³/mol. The van der Waals surface area contributed by atoms with Gasteiger partial charge in [0.2, 0.25) is 0 Å². The molecular weight excluding hydrogens is 877 g/mol. The van der Waals surface area contributed by atoms with Crippen molar-refractivity contribution in [2.24, 2.45) is 0 Å². The van der Waals surface area contributed by atoms with Gasteiger partial charge in [-0.2, -0.15) is 0 Å². The maximum Gasteiger partial charge on any atom is 0.306 e. The molecule has 2 aliphatic rings. The Hall–Kier alpha value is -2.76. The van der Waals surface area contributed by atoms with Crippen LogP contribution in [0.2, 0.25) is 0 Å². The van der Waals surface area contributed by atoms with Crippen molar-refractivity contribution in [1.82, 2.24) is 0 Å². The molecule has 2 rings (SSSR count). The molecule has 7 N–H and O–H groups in total. The molecule has 0 saturated carbocycles. The van der Waals surface area contributed by atoms with Crippen molar-refractivity contribution >= 4 is 11.9 Å². The molecule has 0 aliphatic carbocycles. The van der Waals surface area contributed by atoms with E-state index in [-0.39, 0.29) is 19.4 Å². The minimum absolute atomic E-state index is 0.138. The fourth-order valence-electron chi connectivity index (χ4n) is 7.73. The van der Waals surface area contributed by atoms with Crippen LogP contribution in [0.4, 0.5) is 0 Å². The van der Waals surface area contributed by atoms with E-state index in [4.69, 9.17) is 28.4 Å². The summed E-state index contributed by atoms with van der Waals surface area (Å²) in [6, 6.07) is 0. The highest BCUT2D eigenvalue weighted by molar-refractivity contribution is 5.70. The van der Waals surface area contributed by atoms with Gasteiger partial charge in [-0.1, -0.05) is 121 Å². The quantitative estimate of drug-likeness (QED) is 0.0139. The first-order chi connectivity index (χ1) is 33.0. The first-order valence-electron chi connectivity index (χ1n) is 26.0. The number of ether oxygens (including phenoxy) is 6. The number of aliphatic hydroxyl groups excluding tert-OH is 7. The molecule has 4 unspecified atom stereocenters. The molecule has 0 spiro atoms. The van der Waals surface area contributed by atoms with Gasteiger partial charge in [-0.15, -0.1) is 5.73 Å². The van der Waals surface area contributed by atoms with E-state index in [9.17, 15) is 45.3 Å². The molecule has 68 heavy (non-hydrogen) atoms. The number of allylic oxidation sites excluding steroid dienone is 7. The molecule has 2 aliphatic heterocycles. The van der Waals surface area contributed by atoms with Gasteiger partial charge >= 0.3 is 11.9 Å². The lowest BCUT2D eigenvalue weighted by molar-refractivity contribution is -0.332. The predicted octanol–water partition coefficient (Wildman–Crippen LogP) is 7.25.